The Bertz CT molecular complexity index is 478. The van der Waals surface area contributed by atoms with E-state index in [1.165, 1.54) is 6.07 Å². The number of nitrogens with zero attached hydrogens (tertiary/aromatic N) is 2. The van der Waals surface area contributed by atoms with E-state index in [0.717, 1.165) is 7.11 Å². The van der Waals surface area contributed by atoms with Crippen LogP contribution in [0.15, 0.2) is 6.20 Å². The van der Waals surface area contributed by atoms with E-state index < -0.39 is 41.6 Å². The molecule has 18 heavy (non-hydrogen) atoms. The monoisotopic (exact) mass is 266 g/mol. The van der Waals surface area contributed by atoms with Crippen molar-refractivity contribution >= 4 is 0 Å². The number of hydrogen-bond donors (Lipinski definition) is 0. The molecule has 0 saturated carbocycles. The lowest BCUT2D eigenvalue weighted by atomic mass is 10.1. The molecule has 0 aliphatic carbocycles. The van der Waals surface area contributed by atoms with Gasteiger partial charge in [-0.15, -0.1) is 0 Å². The van der Waals surface area contributed by atoms with Gasteiger partial charge in [0.25, 0.3) is 6.43 Å². The molecule has 0 fully saturated rings. The molecule has 0 saturated heterocycles. The topological polar surface area (TPSA) is 45.9 Å². The van der Waals surface area contributed by atoms with Crippen molar-refractivity contribution in [2.24, 2.45) is 0 Å². The average molecular weight is 266 g/mol. The van der Waals surface area contributed by atoms with Crippen LogP contribution < -0.4 is 4.74 Å². The molecule has 0 amide bonds. The van der Waals surface area contributed by atoms with Crippen molar-refractivity contribution in [3.05, 3.63) is 23.0 Å². The van der Waals surface area contributed by atoms with Crippen LogP contribution in [0, 0.1) is 11.3 Å². The largest absolute Gasteiger partial charge is 0.496 e. The number of rotatable bonds is 3. The van der Waals surface area contributed by atoms with Crippen molar-refractivity contribution in [3.63, 3.8) is 0 Å². The summed E-state index contributed by atoms with van der Waals surface area (Å²) < 4.78 is 67.5. The Balaban J connectivity index is 3.54. The first-order valence-electron chi connectivity index (χ1n) is 4.61. The summed E-state index contributed by atoms with van der Waals surface area (Å²) >= 11 is 0. The Morgan fingerprint density at radius 1 is 1.44 bits per heavy atom. The maximum Gasteiger partial charge on any atom is 0.433 e. The first-order chi connectivity index (χ1) is 8.32. The number of pyridine rings is 1. The zero-order chi connectivity index (χ0) is 13.9. The smallest absolute Gasteiger partial charge is 0.433 e. The molecule has 0 spiro atoms. The average Bonchev–Trinajstić information content (AvgIpc) is 2.27. The molecule has 1 aromatic rings. The van der Waals surface area contributed by atoms with E-state index in [1.54, 1.807) is 0 Å². The highest BCUT2D eigenvalue weighted by Gasteiger charge is 2.38. The third kappa shape index (κ3) is 2.67. The van der Waals surface area contributed by atoms with E-state index in [2.05, 4.69) is 9.72 Å². The molecule has 0 atom stereocenters. The third-order valence-corrected chi connectivity index (χ3v) is 2.12. The van der Waals surface area contributed by atoms with Gasteiger partial charge in [0.15, 0.2) is 5.69 Å². The minimum atomic E-state index is -4.83. The summed E-state index contributed by atoms with van der Waals surface area (Å²) in [4.78, 5) is 2.96. The summed E-state index contributed by atoms with van der Waals surface area (Å²) in [6.07, 6.45) is -8.18. The highest BCUT2D eigenvalue weighted by atomic mass is 19.4. The van der Waals surface area contributed by atoms with Crippen molar-refractivity contribution in [3.8, 4) is 11.8 Å². The zero-order valence-electron chi connectivity index (χ0n) is 9.05. The summed E-state index contributed by atoms with van der Waals surface area (Å²) in [7, 11) is 0.961. The molecular formula is C10H7F5N2O. The van der Waals surface area contributed by atoms with Gasteiger partial charge < -0.3 is 4.74 Å². The molecule has 8 heteroatoms. The van der Waals surface area contributed by atoms with E-state index in [4.69, 9.17) is 5.26 Å². The van der Waals surface area contributed by atoms with E-state index >= 15 is 0 Å². The Hall–Kier alpha value is -1.91. The fraction of sp³-hybridized carbons (Fsp3) is 0.400. The van der Waals surface area contributed by atoms with Gasteiger partial charge in [0.1, 0.15) is 5.75 Å². The maximum atomic E-state index is 12.6. The molecule has 0 aliphatic heterocycles. The van der Waals surface area contributed by atoms with Crippen LogP contribution >= 0.6 is 0 Å². The summed E-state index contributed by atoms with van der Waals surface area (Å²) in [5.74, 6) is -0.645. The standard InChI is InChI=1S/C10H7F5N2O/c1-18-7-5(2-3-16)8(10(13,14)15)17-4-6(7)9(11)12/h4,9H,2H2,1H3. The van der Waals surface area contributed by atoms with Crippen molar-refractivity contribution in [2.75, 3.05) is 7.11 Å². The van der Waals surface area contributed by atoms with E-state index in [0.29, 0.717) is 6.20 Å². The molecule has 0 bridgehead atoms. The maximum absolute atomic E-state index is 12.6. The van der Waals surface area contributed by atoms with Gasteiger partial charge in [0, 0.05) is 11.8 Å². The predicted octanol–water partition coefficient (Wildman–Crippen LogP) is 3.11. The SMILES string of the molecule is COc1c(C(F)F)cnc(C(F)(F)F)c1CC#N. The second-order valence-corrected chi connectivity index (χ2v) is 3.21. The number of hydrogen-bond acceptors (Lipinski definition) is 3. The molecule has 0 aliphatic rings. The molecule has 1 rings (SSSR count). The lowest BCUT2D eigenvalue weighted by Gasteiger charge is -2.16. The van der Waals surface area contributed by atoms with Crippen LogP contribution in [-0.4, -0.2) is 12.1 Å². The Morgan fingerprint density at radius 2 is 2.06 bits per heavy atom. The van der Waals surface area contributed by atoms with Crippen LogP contribution in [0.5, 0.6) is 5.75 Å². The van der Waals surface area contributed by atoms with Crippen LogP contribution in [0.3, 0.4) is 0 Å². The van der Waals surface area contributed by atoms with Crippen molar-refractivity contribution in [1.82, 2.24) is 4.98 Å². The molecule has 1 heterocycles. The van der Waals surface area contributed by atoms with Gasteiger partial charge in [-0.25, -0.2) is 8.78 Å². The van der Waals surface area contributed by atoms with E-state index in [-0.39, 0.29) is 0 Å². The molecule has 98 valence electrons. The number of halogens is 5. The molecule has 0 unspecified atom stereocenters. The lowest BCUT2D eigenvalue weighted by molar-refractivity contribution is -0.141. The van der Waals surface area contributed by atoms with Crippen LogP contribution in [0.1, 0.15) is 23.2 Å². The normalized spacial score (nSPS) is 11.4. The molecule has 0 radical (unpaired) electrons. The molecule has 0 aromatic carbocycles. The summed E-state index contributed by atoms with van der Waals surface area (Å²) in [6.45, 7) is 0. The number of aromatic nitrogens is 1. The molecule has 0 N–H and O–H groups in total. The molecule has 1 aromatic heterocycles. The number of nitriles is 1. The zero-order valence-corrected chi connectivity index (χ0v) is 9.05. The fourth-order valence-corrected chi connectivity index (χ4v) is 1.44. The van der Waals surface area contributed by atoms with Gasteiger partial charge in [-0.2, -0.15) is 18.4 Å². The first kappa shape index (κ1) is 14.2. The summed E-state index contributed by atoms with van der Waals surface area (Å²) in [5.41, 5.74) is -2.83. The predicted molar refractivity (Wildman–Crippen MR) is 50.1 cm³/mol. The summed E-state index contributed by atoms with van der Waals surface area (Å²) in [6, 6.07) is 1.47. The number of methoxy groups -OCH3 is 1. The quantitative estimate of drug-likeness (QED) is 0.789. The lowest BCUT2D eigenvalue weighted by Crippen LogP contribution is -2.14. The third-order valence-electron chi connectivity index (χ3n) is 2.12. The minimum absolute atomic E-state index is 0.410. The van der Waals surface area contributed by atoms with E-state index in [9.17, 15) is 22.0 Å². The van der Waals surface area contributed by atoms with Gasteiger partial charge in [0.05, 0.1) is 25.2 Å². The Labute approximate surface area is 98.8 Å². The van der Waals surface area contributed by atoms with Crippen LogP contribution in [0.4, 0.5) is 22.0 Å². The second kappa shape index (κ2) is 5.16. The van der Waals surface area contributed by atoms with Gasteiger partial charge in [-0.3, -0.25) is 4.98 Å². The van der Waals surface area contributed by atoms with Crippen molar-refractivity contribution < 1.29 is 26.7 Å². The molecular weight excluding hydrogens is 259 g/mol. The van der Waals surface area contributed by atoms with Gasteiger partial charge in [0.2, 0.25) is 0 Å². The summed E-state index contributed by atoms with van der Waals surface area (Å²) in [5, 5.41) is 8.47. The van der Waals surface area contributed by atoms with Crippen LogP contribution in [-0.2, 0) is 12.6 Å². The highest BCUT2D eigenvalue weighted by Crippen LogP contribution is 2.39. The van der Waals surface area contributed by atoms with Crippen LogP contribution in [0.25, 0.3) is 0 Å². The first-order valence-corrected chi connectivity index (χ1v) is 4.61. The van der Waals surface area contributed by atoms with Gasteiger partial charge in [-0.1, -0.05) is 0 Å². The van der Waals surface area contributed by atoms with Crippen molar-refractivity contribution in [1.29, 1.82) is 5.26 Å². The van der Waals surface area contributed by atoms with Gasteiger partial charge >= 0.3 is 6.18 Å². The van der Waals surface area contributed by atoms with Crippen molar-refractivity contribution in [2.45, 2.75) is 19.0 Å². The minimum Gasteiger partial charge on any atom is -0.496 e. The highest BCUT2D eigenvalue weighted by molar-refractivity contribution is 5.45. The Kier molecular flexibility index (Phi) is 4.06. The van der Waals surface area contributed by atoms with E-state index in [1.807, 2.05) is 0 Å². The fourth-order valence-electron chi connectivity index (χ4n) is 1.44. The van der Waals surface area contributed by atoms with Gasteiger partial charge in [-0.05, 0) is 0 Å². The number of ether oxygens (including phenoxy) is 1. The van der Waals surface area contributed by atoms with Crippen LogP contribution in [0.2, 0.25) is 0 Å². The second-order valence-electron chi connectivity index (χ2n) is 3.21. The molecule has 3 nitrogen and oxygen atoms in total. The number of alkyl halides is 5. The Morgan fingerprint density at radius 3 is 2.44 bits per heavy atom.